The zero-order valence-electron chi connectivity index (χ0n) is 13.4. The highest BCUT2D eigenvalue weighted by Gasteiger charge is 2.26. The molecule has 2 saturated heterocycles. The summed E-state index contributed by atoms with van der Waals surface area (Å²) in [5.41, 5.74) is 0.845. The van der Waals surface area contributed by atoms with Crippen LogP contribution in [0.25, 0.3) is 0 Å². The van der Waals surface area contributed by atoms with Crippen molar-refractivity contribution in [2.24, 2.45) is 5.92 Å². The molecule has 2 atom stereocenters. The van der Waals surface area contributed by atoms with Gasteiger partial charge in [-0.05, 0) is 44.2 Å². The molecule has 2 unspecified atom stereocenters. The molecule has 7 heteroatoms. The van der Waals surface area contributed by atoms with Crippen molar-refractivity contribution in [1.82, 2.24) is 25.7 Å². The summed E-state index contributed by atoms with van der Waals surface area (Å²) in [6, 6.07) is 1.80. The number of hydrogen-bond donors (Lipinski definition) is 3. The largest absolute Gasteiger partial charge is 0.354 e. The van der Waals surface area contributed by atoms with Crippen LogP contribution in [0.1, 0.15) is 31.4 Å². The highest BCUT2D eigenvalue weighted by atomic mass is 16.2. The molecule has 0 radical (unpaired) electrons. The van der Waals surface area contributed by atoms with Crippen molar-refractivity contribution in [2.45, 2.75) is 38.1 Å². The first kappa shape index (κ1) is 16.0. The van der Waals surface area contributed by atoms with Crippen LogP contribution in [0.15, 0.2) is 12.3 Å². The highest BCUT2D eigenvalue weighted by Crippen LogP contribution is 2.17. The molecule has 3 N–H and O–H groups in total. The van der Waals surface area contributed by atoms with Crippen molar-refractivity contribution in [3.8, 4) is 0 Å². The number of carbonyl (C=O) groups is 2. The lowest BCUT2D eigenvalue weighted by atomic mass is 9.97. The number of nitrogens with zero attached hydrogens (tertiary/aromatic N) is 2. The smallest absolute Gasteiger partial charge is 0.237 e. The standard InChI is InChI=1S/C16H25N5O2/c22-15(9-13-5-7-19-20-13)21-8-2-3-12(11-21)10-18-16(23)14-4-1-6-17-14/h5,7,12,14,17H,1-4,6,8-11H2,(H,18,23)(H,19,20). The summed E-state index contributed by atoms with van der Waals surface area (Å²) < 4.78 is 0. The SMILES string of the molecule is O=C(NCC1CCCN(C(=O)Cc2ccn[nH]2)C1)C1CCCN1. The molecule has 3 rings (SSSR count). The van der Waals surface area contributed by atoms with E-state index in [2.05, 4.69) is 20.8 Å². The van der Waals surface area contributed by atoms with Crippen LogP contribution in [-0.2, 0) is 16.0 Å². The molecule has 0 spiro atoms. The van der Waals surface area contributed by atoms with Gasteiger partial charge in [0.15, 0.2) is 0 Å². The van der Waals surface area contributed by atoms with E-state index in [9.17, 15) is 9.59 Å². The lowest BCUT2D eigenvalue weighted by Gasteiger charge is -2.33. The van der Waals surface area contributed by atoms with Gasteiger partial charge in [-0.15, -0.1) is 0 Å². The maximum atomic E-state index is 12.3. The van der Waals surface area contributed by atoms with E-state index in [1.165, 1.54) is 0 Å². The minimum Gasteiger partial charge on any atom is -0.354 e. The number of piperidine rings is 1. The third-order valence-electron chi connectivity index (χ3n) is 4.71. The lowest BCUT2D eigenvalue weighted by molar-refractivity contribution is -0.132. The van der Waals surface area contributed by atoms with E-state index in [4.69, 9.17) is 0 Å². The van der Waals surface area contributed by atoms with Crippen LogP contribution in [0.2, 0.25) is 0 Å². The van der Waals surface area contributed by atoms with Gasteiger partial charge in [0.2, 0.25) is 11.8 Å². The third-order valence-corrected chi connectivity index (χ3v) is 4.71. The molecule has 2 aliphatic heterocycles. The second-order valence-electron chi connectivity index (χ2n) is 6.50. The van der Waals surface area contributed by atoms with Crippen LogP contribution < -0.4 is 10.6 Å². The number of aromatic amines is 1. The molecule has 2 fully saturated rings. The van der Waals surface area contributed by atoms with Gasteiger partial charge in [-0.2, -0.15) is 5.10 Å². The summed E-state index contributed by atoms with van der Waals surface area (Å²) in [6.07, 6.45) is 6.07. The Bertz CT molecular complexity index is 525. The van der Waals surface area contributed by atoms with Gasteiger partial charge in [0.05, 0.1) is 12.5 Å². The van der Waals surface area contributed by atoms with Gasteiger partial charge < -0.3 is 15.5 Å². The second kappa shape index (κ2) is 7.59. The molecular weight excluding hydrogens is 294 g/mol. The Kier molecular flexibility index (Phi) is 5.27. The first-order valence-electron chi connectivity index (χ1n) is 8.49. The number of H-pyrrole nitrogens is 1. The minimum absolute atomic E-state index is 0.0308. The van der Waals surface area contributed by atoms with Crippen molar-refractivity contribution in [2.75, 3.05) is 26.2 Å². The molecule has 0 saturated carbocycles. The molecule has 2 aliphatic rings. The van der Waals surface area contributed by atoms with Crippen molar-refractivity contribution in [1.29, 1.82) is 0 Å². The maximum absolute atomic E-state index is 12.3. The fraction of sp³-hybridized carbons (Fsp3) is 0.688. The van der Waals surface area contributed by atoms with Crippen molar-refractivity contribution in [3.63, 3.8) is 0 Å². The molecule has 3 heterocycles. The summed E-state index contributed by atoms with van der Waals surface area (Å²) in [6.45, 7) is 3.12. The van der Waals surface area contributed by atoms with Crippen LogP contribution in [0.5, 0.6) is 0 Å². The summed E-state index contributed by atoms with van der Waals surface area (Å²) in [5, 5.41) is 13.0. The minimum atomic E-state index is -0.0308. The van der Waals surface area contributed by atoms with Crippen molar-refractivity contribution in [3.05, 3.63) is 18.0 Å². The fourth-order valence-corrected chi connectivity index (χ4v) is 3.39. The Morgan fingerprint density at radius 3 is 3.00 bits per heavy atom. The number of rotatable bonds is 5. The van der Waals surface area contributed by atoms with E-state index in [0.29, 0.717) is 18.9 Å². The lowest BCUT2D eigenvalue weighted by Crippen LogP contribution is -2.47. The van der Waals surface area contributed by atoms with Gasteiger partial charge in [-0.3, -0.25) is 14.7 Å². The molecular formula is C16H25N5O2. The Balaban J connectivity index is 1.44. The predicted molar refractivity (Wildman–Crippen MR) is 85.6 cm³/mol. The molecule has 0 bridgehead atoms. The number of likely N-dealkylation sites (tertiary alicyclic amines) is 1. The Morgan fingerprint density at radius 2 is 2.26 bits per heavy atom. The number of amides is 2. The van der Waals surface area contributed by atoms with Crippen molar-refractivity contribution < 1.29 is 9.59 Å². The third kappa shape index (κ3) is 4.31. The summed E-state index contributed by atoms with van der Waals surface area (Å²) in [5.74, 6) is 0.575. The molecule has 7 nitrogen and oxygen atoms in total. The maximum Gasteiger partial charge on any atom is 0.237 e. The highest BCUT2D eigenvalue weighted by molar-refractivity contribution is 5.82. The molecule has 1 aromatic heterocycles. The normalized spacial score (nSPS) is 24.6. The van der Waals surface area contributed by atoms with E-state index in [0.717, 1.165) is 51.0 Å². The summed E-state index contributed by atoms with van der Waals surface area (Å²) >= 11 is 0. The average molecular weight is 319 g/mol. The van der Waals surface area contributed by atoms with Crippen LogP contribution in [0.4, 0.5) is 0 Å². The molecule has 23 heavy (non-hydrogen) atoms. The monoisotopic (exact) mass is 319 g/mol. The van der Waals surface area contributed by atoms with Crippen LogP contribution >= 0.6 is 0 Å². The Hall–Kier alpha value is -1.89. The molecule has 0 aromatic carbocycles. The quantitative estimate of drug-likeness (QED) is 0.716. The zero-order valence-corrected chi connectivity index (χ0v) is 13.4. The predicted octanol–water partition coefficient (Wildman–Crippen LogP) is 0.0590. The average Bonchev–Trinajstić information content (AvgIpc) is 3.26. The Labute approximate surface area is 136 Å². The Morgan fingerprint density at radius 1 is 1.35 bits per heavy atom. The fourth-order valence-electron chi connectivity index (χ4n) is 3.39. The van der Waals surface area contributed by atoms with E-state index in [-0.39, 0.29) is 17.9 Å². The molecule has 2 amide bonds. The number of hydrogen-bond acceptors (Lipinski definition) is 4. The van der Waals surface area contributed by atoms with E-state index < -0.39 is 0 Å². The number of aromatic nitrogens is 2. The van der Waals surface area contributed by atoms with Gasteiger partial charge in [0.25, 0.3) is 0 Å². The van der Waals surface area contributed by atoms with Crippen molar-refractivity contribution >= 4 is 11.8 Å². The summed E-state index contributed by atoms with van der Waals surface area (Å²) in [4.78, 5) is 26.3. The van der Waals surface area contributed by atoms with E-state index in [1.807, 2.05) is 11.0 Å². The van der Waals surface area contributed by atoms with Crippen LogP contribution in [0, 0.1) is 5.92 Å². The topological polar surface area (TPSA) is 90.1 Å². The van der Waals surface area contributed by atoms with Gasteiger partial charge in [-0.1, -0.05) is 0 Å². The second-order valence-corrected chi connectivity index (χ2v) is 6.50. The summed E-state index contributed by atoms with van der Waals surface area (Å²) in [7, 11) is 0. The van der Waals surface area contributed by atoms with Crippen LogP contribution in [0.3, 0.4) is 0 Å². The molecule has 126 valence electrons. The van der Waals surface area contributed by atoms with Crippen LogP contribution in [-0.4, -0.2) is 59.1 Å². The zero-order chi connectivity index (χ0) is 16.1. The molecule has 0 aliphatic carbocycles. The molecule has 1 aromatic rings. The van der Waals surface area contributed by atoms with Gasteiger partial charge in [0, 0.05) is 31.5 Å². The van der Waals surface area contributed by atoms with Gasteiger partial charge >= 0.3 is 0 Å². The number of carbonyl (C=O) groups excluding carboxylic acids is 2. The van der Waals surface area contributed by atoms with E-state index >= 15 is 0 Å². The first-order valence-corrected chi connectivity index (χ1v) is 8.49. The van der Waals surface area contributed by atoms with Gasteiger partial charge in [-0.25, -0.2) is 0 Å². The first-order chi connectivity index (χ1) is 11.2. The van der Waals surface area contributed by atoms with Gasteiger partial charge in [0.1, 0.15) is 0 Å². The van der Waals surface area contributed by atoms with E-state index in [1.54, 1.807) is 6.20 Å². The number of nitrogens with one attached hydrogen (secondary N) is 3.